The molecule has 2 aromatic carbocycles. The molecular weight excluding hydrogens is 482 g/mol. The molecule has 0 aromatic heterocycles. The molecule has 3 aliphatic rings. The number of hydrogen-bond donors (Lipinski definition) is 4. The highest BCUT2D eigenvalue weighted by Crippen LogP contribution is 2.47. The van der Waals surface area contributed by atoms with Crippen LogP contribution in [0.15, 0.2) is 48.5 Å². The molecule has 8 nitrogen and oxygen atoms in total. The van der Waals surface area contributed by atoms with E-state index in [1.54, 1.807) is 24.3 Å². The van der Waals surface area contributed by atoms with E-state index in [1.807, 2.05) is 24.3 Å². The number of aldehydes is 1. The third-order valence-corrected chi connectivity index (χ3v) is 8.36. The molecule has 0 radical (unpaired) electrons. The van der Waals surface area contributed by atoms with Crippen molar-refractivity contribution in [3.63, 3.8) is 0 Å². The maximum Gasteiger partial charge on any atom is 0.262 e. The van der Waals surface area contributed by atoms with Crippen molar-refractivity contribution in [1.82, 2.24) is 16.0 Å². The van der Waals surface area contributed by atoms with Crippen LogP contribution in [0.1, 0.15) is 62.5 Å². The summed E-state index contributed by atoms with van der Waals surface area (Å²) in [5.41, 5.74) is 0.585. The van der Waals surface area contributed by atoms with E-state index in [1.165, 1.54) is 0 Å². The summed E-state index contributed by atoms with van der Waals surface area (Å²) in [6.45, 7) is 0.560. The molecule has 4 N–H and O–H groups in total. The molecular formula is C30H35N3O5. The number of rotatable bonds is 9. The van der Waals surface area contributed by atoms with Crippen molar-refractivity contribution >= 4 is 24.0 Å². The van der Waals surface area contributed by atoms with Crippen molar-refractivity contribution in [1.29, 1.82) is 0 Å². The summed E-state index contributed by atoms with van der Waals surface area (Å²) in [7, 11) is 0. The van der Waals surface area contributed by atoms with Gasteiger partial charge in [-0.2, -0.15) is 0 Å². The van der Waals surface area contributed by atoms with Gasteiger partial charge in [0.15, 0.2) is 5.60 Å². The standard InChI is InChI=1S/C30H35N3O5/c34-18-21(17-20-14-15-31-27(20)35)32-28(36)26(16-19-8-2-1-3-9-19)33-29(37)30(38)24-12-6-4-10-22(24)23-11-5-7-13-25(23)30/h4-7,10-13,18-21,26,38H,1-3,8-9,14-17H2,(H,31,35)(H,32,36)(H,33,37)/t20-,21+,26-/m0/s1. The van der Waals surface area contributed by atoms with Gasteiger partial charge >= 0.3 is 0 Å². The number of hydrogen-bond acceptors (Lipinski definition) is 5. The van der Waals surface area contributed by atoms with E-state index in [9.17, 15) is 24.3 Å². The zero-order valence-electron chi connectivity index (χ0n) is 21.4. The first-order chi connectivity index (χ1) is 18.4. The third-order valence-electron chi connectivity index (χ3n) is 8.36. The van der Waals surface area contributed by atoms with Crippen molar-refractivity contribution < 1.29 is 24.3 Å². The predicted molar refractivity (Wildman–Crippen MR) is 142 cm³/mol. The van der Waals surface area contributed by atoms with Crippen LogP contribution < -0.4 is 16.0 Å². The number of amides is 3. The second-order valence-corrected chi connectivity index (χ2v) is 10.8. The lowest BCUT2D eigenvalue weighted by molar-refractivity contribution is -0.140. The number of carbonyl (C=O) groups excluding carboxylic acids is 4. The van der Waals surface area contributed by atoms with Crippen LogP contribution in [0.3, 0.4) is 0 Å². The van der Waals surface area contributed by atoms with E-state index in [-0.39, 0.29) is 24.2 Å². The predicted octanol–water partition coefficient (Wildman–Crippen LogP) is 2.57. The first kappa shape index (κ1) is 26.1. The van der Waals surface area contributed by atoms with Gasteiger partial charge in [0.25, 0.3) is 5.91 Å². The summed E-state index contributed by atoms with van der Waals surface area (Å²) in [5.74, 6) is -1.32. The highest BCUT2D eigenvalue weighted by atomic mass is 16.3. The summed E-state index contributed by atoms with van der Waals surface area (Å²) >= 11 is 0. The van der Waals surface area contributed by atoms with Gasteiger partial charge in [0.1, 0.15) is 12.3 Å². The molecule has 5 rings (SSSR count). The Morgan fingerprint density at radius 3 is 2.16 bits per heavy atom. The summed E-state index contributed by atoms with van der Waals surface area (Å²) in [5, 5.41) is 20.3. The van der Waals surface area contributed by atoms with E-state index < -0.39 is 29.5 Å². The molecule has 0 spiro atoms. The lowest BCUT2D eigenvalue weighted by Gasteiger charge is -2.31. The molecule has 3 amide bonds. The van der Waals surface area contributed by atoms with E-state index in [4.69, 9.17) is 0 Å². The fourth-order valence-corrected chi connectivity index (χ4v) is 6.32. The second kappa shape index (κ2) is 11.1. The van der Waals surface area contributed by atoms with Crippen LogP contribution in [0, 0.1) is 11.8 Å². The molecule has 3 atom stereocenters. The Morgan fingerprint density at radius 2 is 1.58 bits per heavy atom. The van der Waals surface area contributed by atoms with Crippen LogP contribution in [0.5, 0.6) is 0 Å². The Morgan fingerprint density at radius 1 is 0.947 bits per heavy atom. The van der Waals surface area contributed by atoms with Gasteiger partial charge in [0.05, 0.1) is 6.04 Å². The summed E-state index contributed by atoms with van der Waals surface area (Å²) in [4.78, 5) is 51.2. The number of benzene rings is 2. The van der Waals surface area contributed by atoms with Crippen molar-refractivity contribution in [2.24, 2.45) is 11.8 Å². The molecule has 1 aliphatic heterocycles. The average Bonchev–Trinajstić information content (AvgIpc) is 3.47. The highest BCUT2D eigenvalue weighted by Gasteiger charge is 2.48. The first-order valence-corrected chi connectivity index (χ1v) is 13.7. The Labute approximate surface area is 222 Å². The lowest BCUT2D eigenvalue weighted by Crippen LogP contribution is -2.55. The molecule has 2 fully saturated rings. The van der Waals surface area contributed by atoms with Crippen LogP contribution in [0.2, 0.25) is 0 Å². The van der Waals surface area contributed by atoms with Crippen LogP contribution in [-0.2, 0) is 24.8 Å². The Kier molecular flexibility index (Phi) is 7.61. The molecule has 0 bridgehead atoms. The maximum absolute atomic E-state index is 13.9. The zero-order valence-corrected chi connectivity index (χ0v) is 21.4. The SMILES string of the molecule is O=C[C@@H](C[C@@H]1CCNC1=O)NC(=O)[C@H](CC1CCCCC1)NC(=O)C1(O)c2ccccc2-c2ccccc21. The molecule has 0 unspecified atom stereocenters. The fraction of sp³-hybridized carbons (Fsp3) is 0.467. The van der Waals surface area contributed by atoms with Crippen molar-refractivity contribution in [2.45, 2.75) is 69.1 Å². The highest BCUT2D eigenvalue weighted by molar-refractivity contribution is 6.00. The first-order valence-electron chi connectivity index (χ1n) is 13.7. The minimum Gasteiger partial charge on any atom is -0.372 e. The number of nitrogens with one attached hydrogen (secondary N) is 3. The molecule has 38 heavy (non-hydrogen) atoms. The quantitative estimate of drug-likeness (QED) is 0.381. The van der Waals surface area contributed by atoms with Crippen LogP contribution >= 0.6 is 0 Å². The molecule has 200 valence electrons. The Balaban J connectivity index is 1.38. The van der Waals surface area contributed by atoms with Crippen LogP contribution in [0.25, 0.3) is 11.1 Å². The van der Waals surface area contributed by atoms with E-state index >= 15 is 0 Å². The van der Waals surface area contributed by atoms with Crippen molar-refractivity contribution in [3.05, 3.63) is 59.7 Å². The van der Waals surface area contributed by atoms with E-state index in [2.05, 4.69) is 16.0 Å². The second-order valence-electron chi connectivity index (χ2n) is 10.8. The smallest absolute Gasteiger partial charge is 0.262 e. The minimum absolute atomic E-state index is 0.112. The van der Waals surface area contributed by atoms with Crippen LogP contribution in [-0.4, -0.2) is 47.7 Å². The molecule has 1 saturated carbocycles. The van der Waals surface area contributed by atoms with Crippen molar-refractivity contribution in [2.75, 3.05) is 6.54 Å². The lowest BCUT2D eigenvalue weighted by atomic mass is 9.84. The summed E-state index contributed by atoms with van der Waals surface area (Å²) in [6.07, 6.45) is 7.15. The maximum atomic E-state index is 13.9. The third kappa shape index (κ3) is 4.97. The fourth-order valence-electron chi connectivity index (χ4n) is 6.32. The number of carbonyl (C=O) groups is 4. The van der Waals surface area contributed by atoms with Gasteiger partial charge in [-0.1, -0.05) is 80.6 Å². The molecule has 1 saturated heterocycles. The molecule has 1 heterocycles. The normalized spacial score (nSPS) is 21.5. The largest absolute Gasteiger partial charge is 0.372 e. The van der Waals surface area contributed by atoms with Crippen molar-refractivity contribution in [3.8, 4) is 11.1 Å². The molecule has 8 heteroatoms. The molecule has 2 aliphatic carbocycles. The Bertz CT molecular complexity index is 1180. The van der Waals surface area contributed by atoms with Gasteiger partial charge in [-0.05, 0) is 36.3 Å². The van der Waals surface area contributed by atoms with E-state index in [0.29, 0.717) is 36.8 Å². The van der Waals surface area contributed by atoms with Gasteiger partial charge < -0.3 is 25.9 Å². The number of fused-ring (bicyclic) bond motifs is 3. The summed E-state index contributed by atoms with van der Waals surface area (Å²) in [6, 6.07) is 12.8. The Hall–Kier alpha value is -3.52. The van der Waals surface area contributed by atoms with Gasteiger partial charge in [-0.25, -0.2) is 0 Å². The monoisotopic (exact) mass is 517 g/mol. The average molecular weight is 518 g/mol. The van der Waals surface area contributed by atoms with Gasteiger partial charge in [0.2, 0.25) is 11.8 Å². The van der Waals surface area contributed by atoms with E-state index in [0.717, 1.165) is 43.2 Å². The summed E-state index contributed by atoms with van der Waals surface area (Å²) < 4.78 is 0. The molecule has 2 aromatic rings. The van der Waals surface area contributed by atoms with Crippen LogP contribution in [0.4, 0.5) is 0 Å². The minimum atomic E-state index is -1.94. The van der Waals surface area contributed by atoms with Gasteiger partial charge in [0, 0.05) is 23.6 Å². The zero-order chi connectivity index (χ0) is 26.7. The van der Waals surface area contributed by atoms with Gasteiger partial charge in [-0.15, -0.1) is 0 Å². The topological polar surface area (TPSA) is 125 Å². The number of aliphatic hydroxyl groups is 1. The van der Waals surface area contributed by atoms with Gasteiger partial charge in [-0.3, -0.25) is 14.4 Å².